The molecule has 0 saturated carbocycles. The number of hydrogen-bond donors (Lipinski definition) is 2. The number of rotatable bonds is 2. The molecule has 1 aliphatic heterocycles. The number of hydrogen-bond acceptors (Lipinski definition) is 3. The molecule has 1 atom stereocenters. The van der Waals surface area contributed by atoms with E-state index in [1.807, 2.05) is 11.9 Å². The summed E-state index contributed by atoms with van der Waals surface area (Å²) in [6.45, 7) is 1.57. The van der Waals surface area contributed by atoms with E-state index in [2.05, 4.69) is 5.32 Å². The molecule has 0 aliphatic carbocycles. The number of amides is 2. The zero-order valence-corrected chi connectivity index (χ0v) is 11.9. The van der Waals surface area contributed by atoms with Gasteiger partial charge in [0.1, 0.15) is 0 Å². The average molecular weight is 302 g/mol. The zero-order chi connectivity index (χ0) is 14.7. The Bertz CT molecular complexity index is 501. The van der Waals surface area contributed by atoms with Crippen molar-refractivity contribution in [2.45, 2.75) is 6.04 Å². The number of anilines is 1. The number of piperazine rings is 1. The lowest BCUT2D eigenvalue weighted by Gasteiger charge is -2.38. The first-order valence-corrected chi connectivity index (χ1v) is 6.71. The summed E-state index contributed by atoms with van der Waals surface area (Å²) in [6, 6.07) is 3.96. The number of aliphatic hydroxyl groups excluding tert-OH is 1. The third kappa shape index (κ3) is 3.20. The standard InChI is InChI=1S/C13H17ClFN3O2/c1-17-5-6-18(7-9(17)8-19)13(20)16-11-4-2-3-10(14)12(11)15/h2-4,9,19H,5-8H2,1H3,(H,16,20)/t9-/m0/s1. The highest BCUT2D eigenvalue weighted by Gasteiger charge is 2.27. The molecule has 0 spiro atoms. The van der Waals surface area contributed by atoms with Gasteiger partial charge in [-0.2, -0.15) is 0 Å². The van der Waals surface area contributed by atoms with E-state index in [9.17, 15) is 14.3 Å². The SMILES string of the molecule is CN1CCN(C(=O)Nc2cccc(Cl)c2F)C[C@H]1CO. The van der Waals surface area contributed by atoms with Gasteiger partial charge in [-0.1, -0.05) is 17.7 Å². The monoisotopic (exact) mass is 301 g/mol. The summed E-state index contributed by atoms with van der Waals surface area (Å²) in [5.74, 6) is -0.643. The molecule has 2 N–H and O–H groups in total. The van der Waals surface area contributed by atoms with Crippen LogP contribution >= 0.6 is 11.6 Å². The summed E-state index contributed by atoms with van der Waals surface area (Å²) in [5, 5.41) is 11.7. The van der Waals surface area contributed by atoms with Crippen molar-refractivity contribution in [3.8, 4) is 0 Å². The normalized spacial score (nSPS) is 20.0. The number of nitrogens with zero attached hydrogens (tertiary/aromatic N) is 2. The van der Waals surface area contributed by atoms with Gasteiger partial charge in [0.05, 0.1) is 23.4 Å². The Morgan fingerprint density at radius 1 is 1.55 bits per heavy atom. The molecular weight excluding hydrogens is 285 g/mol. The molecule has 1 aromatic rings. The molecule has 110 valence electrons. The molecule has 1 heterocycles. The molecule has 1 fully saturated rings. The summed E-state index contributed by atoms with van der Waals surface area (Å²) >= 11 is 5.67. The van der Waals surface area contributed by atoms with Gasteiger partial charge in [-0.15, -0.1) is 0 Å². The topological polar surface area (TPSA) is 55.8 Å². The average Bonchev–Trinajstić information content (AvgIpc) is 2.44. The summed E-state index contributed by atoms with van der Waals surface area (Å²) < 4.78 is 13.7. The van der Waals surface area contributed by atoms with Crippen LogP contribution in [0.2, 0.25) is 5.02 Å². The van der Waals surface area contributed by atoms with Crippen LogP contribution in [0, 0.1) is 5.82 Å². The van der Waals surface area contributed by atoms with Crippen LogP contribution in [0.3, 0.4) is 0 Å². The van der Waals surface area contributed by atoms with Gasteiger partial charge >= 0.3 is 6.03 Å². The lowest BCUT2D eigenvalue weighted by molar-refractivity contribution is 0.0754. The van der Waals surface area contributed by atoms with Crippen molar-refractivity contribution >= 4 is 23.3 Å². The van der Waals surface area contributed by atoms with E-state index in [-0.39, 0.29) is 23.4 Å². The van der Waals surface area contributed by atoms with Crippen LogP contribution in [0.4, 0.5) is 14.9 Å². The molecule has 7 heteroatoms. The van der Waals surface area contributed by atoms with Gasteiger partial charge in [0.2, 0.25) is 0 Å². The number of carbonyl (C=O) groups excluding carboxylic acids is 1. The first-order valence-electron chi connectivity index (χ1n) is 6.34. The largest absolute Gasteiger partial charge is 0.395 e. The molecule has 5 nitrogen and oxygen atoms in total. The molecule has 1 aromatic carbocycles. The van der Waals surface area contributed by atoms with Crippen LogP contribution in [0.25, 0.3) is 0 Å². The Kier molecular flexibility index (Phi) is 4.80. The number of likely N-dealkylation sites (N-methyl/N-ethyl adjacent to an activating group) is 1. The number of nitrogens with one attached hydrogen (secondary N) is 1. The fourth-order valence-electron chi connectivity index (χ4n) is 2.12. The van der Waals surface area contributed by atoms with Crippen molar-refractivity contribution in [2.75, 3.05) is 38.6 Å². The van der Waals surface area contributed by atoms with E-state index in [0.29, 0.717) is 19.6 Å². The second kappa shape index (κ2) is 6.39. The number of urea groups is 1. The highest BCUT2D eigenvalue weighted by Crippen LogP contribution is 2.22. The molecule has 0 aromatic heterocycles. The third-order valence-electron chi connectivity index (χ3n) is 3.47. The lowest BCUT2D eigenvalue weighted by atomic mass is 10.2. The molecule has 2 amide bonds. The van der Waals surface area contributed by atoms with E-state index < -0.39 is 11.8 Å². The highest BCUT2D eigenvalue weighted by molar-refractivity contribution is 6.31. The van der Waals surface area contributed by atoms with Gasteiger partial charge in [0, 0.05) is 19.6 Å². The van der Waals surface area contributed by atoms with Crippen LogP contribution < -0.4 is 5.32 Å². The van der Waals surface area contributed by atoms with Crippen LogP contribution in [0.1, 0.15) is 0 Å². The van der Waals surface area contributed by atoms with Gasteiger partial charge in [-0.25, -0.2) is 9.18 Å². The molecule has 20 heavy (non-hydrogen) atoms. The second-order valence-corrected chi connectivity index (χ2v) is 5.20. The maximum absolute atomic E-state index is 13.7. The zero-order valence-electron chi connectivity index (χ0n) is 11.1. The molecule has 0 unspecified atom stereocenters. The van der Waals surface area contributed by atoms with E-state index in [4.69, 9.17) is 11.6 Å². The first-order chi connectivity index (χ1) is 9.52. The smallest absolute Gasteiger partial charge is 0.322 e. The Labute approximate surface area is 121 Å². The minimum absolute atomic E-state index is 0.0220. The van der Waals surface area contributed by atoms with Gasteiger partial charge in [0.25, 0.3) is 0 Å². The van der Waals surface area contributed by atoms with Crippen molar-refractivity contribution < 1.29 is 14.3 Å². The molecule has 0 bridgehead atoms. The Balaban J connectivity index is 2.03. The second-order valence-electron chi connectivity index (χ2n) is 4.79. The van der Waals surface area contributed by atoms with Crippen LogP contribution in [-0.2, 0) is 0 Å². The molecule has 1 saturated heterocycles. The summed E-state index contributed by atoms with van der Waals surface area (Å²) in [7, 11) is 1.90. The number of halogens is 2. The number of aliphatic hydroxyl groups is 1. The van der Waals surface area contributed by atoms with Crippen molar-refractivity contribution in [3.05, 3.63) is 29.0 Å². The molecule has 2 rings (SSSR count). The Morgan fingerprint density at radius 2 is 2.30 bits per heavy atom. The van der Waals surface area contributed by atoms with E-state index in [1.54, 1.807) is 11.0 Å². The van der Waals surface area contributed by atoms with Crippen molar-refractivity contribution in [1.29, 1.82) is 0 Å². The van der Waals surface area contributed by atoms with E-state index in [0.717, 1.165) is 0 Å². The molecule has 0 radical (unpaired) electrons. The predicted octanol–water partition coefficient (Wildman–Crippen LogP) is 1.62. The van der Waals surface area contributed by atoms with Gasteiger partial charge < -0.3 is 15.3 Å². The van der Waals surface area contributed by atoms with Crippen LogP contribution in [-0.4, -0.2) is 60.3 Å². The summed E-state index contributed by atoms with van der Waals surface area (Å²) in [6.07, 6.45) is 0. The van der Waals surface area contributed by atoms with Crippen LogP contribution in [0.5, 0.6) is 0 Å². The maximum atomic E-state index is 13.7. The summed E-state index contributed by atoms with van der Waals surface area (Å²) in [4.78, 5) is 15.7. The van der Waals surface area contributed by atoms with Gasteiger partial charge in [-0.3, -0.25) is 4.90 Å². The lowest BCUT2D eigenvalue weighted by Crippen LogP contribution is -2.55. The van der Waals surface area contributed by atoms with Gasteiger partial charge in [0.15, 0.2) is 5.82 Å². The Hall–Kier alpha value is -1.37. The summed E-state index contributed by atoms with van der Waals surface area (Å²) in [5.41, 5.74) is 0.0574. The highest BCUT2D eigenvalue weighted by atomic mass is 35.5. The molecular formula is C13H17ClFN3O2. The van der Waals surface area contributed by atoms with Crippen molar-refractivity contribution in [3.63, 3.8) is 0 Å². The quantitative estimate of drug-likeness (QED) is 0.873. The van der Waals surface area contributed by atoms with Crippen molar-refractivity contribution in [1.82, 2.24) is 9.80 Å². The number of benzene rings is 1. The fraction of sp³-hybridized carbons (Fsp3) is 0.462. The Morgan fingerprint density at radius 3 is 3.00 bits per heavy atom. The van der Waals surface area contributed by atoms with Crippen LogP contribution in [0.15, 0.2) is 18.2 Å². The maximum Gasteiger partial charge on any atom is 0.322 e. The van der Waals surface area contributed by atoms with Crippen molar-refractivity contribution in [2.24, 2.45) is 0 Å². The van der Waals surface area contributed by atoms with E-state index >= 15 is 0 Å². The first kappa shape index (κ1) is 15.0. The number of carbonyl (C=O) groups is 1. The van der Waals surface area contributed by atoms with Gasteiger partial charge in [-0.05, 0) is 19.2 Å². The minimum Gasteiger partial charge on any atom is -0.395 e. The molecule has 1 aliphatic rings. The fourth-order valence-corrected chi connectivity index (χ4v) is 2.30. The third-order valence-corrected chi connectivity index (χ3v) is 3.76. The minimum atomic E-state index is -0.643. The predicted molar refractivity (Wildman–Crippen MR) is 75.5 cm³/mol. The van der Waals surface area contributed by atoms with E-state index in [1.165, 1.54) is 12.1 Å².